The Morgan fingerprint density at radius 2 is 2.24 bits per heavy atom. The molecule has 1 N–H and O–H groups in total. The van der Waals surface area contributed by atoms with E-state index in [4.69, 9.17) is 6.42 Å². The molecule has 2 nitrogen and oxygen atoms in total. The van der Waals surface area contributed by atoms with Crippen LogP contribution in [0.3, 0.4) is 0 Å². The van der Waals surface area contributed by atoms with E-state index >= 15 is 0 Å². The molecule has 0 aliphatic carbocycles. The molecular weight excluding hydrogens is 276 g/mol. The number of benzene rings is 1. The summed E-state index contributed by atoms with van der Waals surface area (Å²) in [5, 5.41) is 4.33. The van der Waals surface area contributed by atoms with E-state index in [0.717, 1.165) is 27.6 Å². The maximum atomic E-state index is 5.53. The number of hydrogen-bond donors (Lipinski definition) is 1. The standard InChI is InChI=1S/C14H13BrN2/c1-3-12(16-4-2)14-11(15)9-10-7-5-6-8-13(10)17-14/h1,5-9,12,16H,4H2,2H3. The van der Waals surface area contributed by atoms with E-state index in [0.29, 0.717) is 0 Å². The molecule has 0 radical (unpaired) electrons. The van der Waals surface area contributed by atoms with Gasteiger partial charge in [0.2, 0.25) is 0 Å². The summed E-state index contributed by atoms with van der Waals surface area (Å²) in [6, 6.07) is 9.91. The van der Waals surface area contributed by atoms with Crippen LogP contribution in [0.4, 0.5) is 0 Å². The van der Waals surface area contributed by atoms with Gasteiger partial charge < -0.3 is 0 Å². The van der Waals surface area contributed by atoms with Gasteiger partial charge in [-0.05, 0) is 34.6 Å². The van der Waals surface area contributed by atoms with Crippen LogP contribution in [0.15, 0.2) is 34.8 Å². The molecule has 0 bridgehead atoms. The first-order valence-electron chi connectivity index (χ1n) is 5.51. The van der Waals surface area contributed by atoms with Gasteiger partial charge in [-0.2, -0.15) is 0 Å². The number of aromatic nitrogens is 1. The van der Waals surface area contributed by atoms with E-state index < -0.39 is 0 Å². The lowest BCUT2D eigenvalue weighted by atomic mass is 10.1. The zero-order chi connectivity index (χ0) is 12.3. The first-order chi connectivity index (χ1) is 8.26. The molecule has 0 saturated heterocycles. The first-order valence-corrected chi connectivity index (χ1v) is 6.30. The summed E-state index contributed by atoms with van der Waals surface area (Å²) in [6.07, 6.45) is 5.53. The van der Waals surface area contributed by atoms with Gasteiger partial charge in [0.25, 0.3) is 0 Å². The van der Waals surface area contributed by atoms with Crippen molar-refractivity contribution < 1.29 is 0 Å². The summed E-state index contributed by atoms with van der Waals surface area (Å²) >= 11 is 3.53. The molecule has 1 unspecified atom stereocenters. The van der Waals surface area contributed by atoms with Gasteiger partial charge in [-0.25, -0.2) is 4.98 Å². The Morgan fingerprint density at radius 3 is 2.94 bits per heavy atom. The molecule has 0 amide bonds. The smallest absolute Gasteiger partial charge is 0.113 e. The number of pyridine rings is 1. The second-order valence-corrected chi connectivity index (χ2v) is 4.56. The monoisotopic (exact) mass is 288 g/mol. The number of nitrogens with one attached hydrogen (secondary N) is 1. The molecule has 0 fully saturated rings. The Hall–Kier alpha value is -1.37. The van der Waals surface area contributed by atoms with Gasteiger partial charge in [0.15, 0.2) is 0 Å². The molecule has 1 aromatic carbocycles. The summed E-state index contributed by atoms with van der Waals surface area (Å²) in [5.41, 5.74) is 1.83. The van der Waals surface area contributed by atoms with Crippen molar-refractivity contribution in [1.29, 1.82) is 0 Å². The number of hydrogen-bond acceptors (Lipinski definition) is 2. The largest absolute Gasteiger partial charge is 0.299 e. The lowest BCUT2D eigenvalue weighted by molar-refractivity contribution is 0.649. The molecule has 0 aliphatic rings. The maximum absolute atomic E-state index is 5.53. The van der Waals surface area contributed by atoms with Crippen molar-refractivity contribution in [1.82, 2.24) is 10.3 Å². The normalized spacial score (nSPS) is 12.3. The van der Waals surface area contributed by atoms with Gasteiger partial charge in [-0.15, -0.1) is 6.42 Å². The minimum absolute atomic E-state index is 0.154. The molecule has 2 aromatic rings. The van der Waals surface area contributed by atoms with Crippen molar-refractivity contribution in [3.8, 4) is 12.3 Å². The molecule has 2 rings (SSSR count). The number of terminal acetylenes is 1. The zero-order valence-electron chi connectivity index (χ0n) is 9.57. The van der Waals surface area contributed by atoms with Crippen molar-refractivity contribution in [2.75, 3.05) is 6.54 Å². The third kappa shape index (κ3) is 2.49. The average molecular weight is 289 g/mol. The molecule has 17 heavy (non-hydrogen) atoms. The molecule has 0 aliphatic heterocycles. The van der Waals surface area contributed by atoms with E-state index in [1.54, 1.807) is 0 Å². The van der Waals surface area contributed by atoms with Gasteiger partial charge in [0.1, 0.15) is 6.04 Å². The minimum atomic E-state index is -0.154. The Balaban J connectivity index is 2.54. The van der Waals surface area contributed by atoms with E-state index in [1.807, 2.05) is 31.2 Å². The van der Waals surface area contributed by atoms with E-state index in [1.165, 1.54) is 0 Å². The SMILES string of the molecule is C#CC(NCC)c1nc2ccccc2cc1Br. The second-order valence-electron chi connectivity index (χ2n) is 3.71. The summed E-state index contributed by atoms with van der Waals surface area (Å²) in [4.78, 5) is 4.61. The number of para-hydroxylation sites is 1. The van der Waals surface area contributed by atoms with Crippen molar-refractivity contribution >= 4 is 26.8 Å². The zero-order valence-corrected chi connectivity index (χ0v) is 11.2. The average Bonchev–Trinajstić information content (AvgIpc) is 2.35. The van der Waals surface area contributed by atoms with Gasteiger partial charge in [0, 0.05) is 9.86 Å². The minimum Gasteiger partial charge on any atom is -0.299 e. The molecule has 86 valence electrons. The Bertz CT molecular complexity index is 572. The molecule has 0 saturated carbocycles. The summed E-state index contributed by atoms with van der Waals surface area (Å²) < 4.78 is 0.945. The fraction of sp³-hybridized carbons (Fsp3) is 0.214. The molecule has 1 atom stereocenters. The van der Waals surface area contributed by atoms with Crippen LogP contribution >= 0.6 is 15.9 Å². The highest BCUT2D eigenvalue weighted by molar-refractivity contribution is 9.10. The highest BCUT2D eigenvalue weighted by atomic mass is 79.9. The van der Waals surface area contributed by atoms with Crippen molar-refractivity contribution in [2.24, 2.45) is 0 Å². The Morgan fingerprint density at radius 1 is 1.47 bits per heavy atom. The van der Waals surface area contributed by atoms with Crippen LogP contribution in [-0.2, 0) is 0 Å². The number of rotatable bonds is 3. The van der Waals surface area contributed by atoms with Crippen molar-refractivity contribution in [2.45, 2.75) is 13.0 Å². The maximum Gasteiger partial charge on any atom is 0.113 e. The summed E-state index contributed by atoms with van der Waals surface area (Å²) in [5.74, 6) is 2.72. The topological polar surface area (TPSA) is 24.9 Å². The van der Waals surface area contributed by atoms with Gasteiger partial charge in [-0.1, -0.05) is 31.0 Å². The molecule has 3 heteroatoms. The third-order valence-electron chi connectivity index (χ3n) is 2.55. The molecule has 0 spiro atoms. The van der Waals surface area contributed by atoms with E-state index in [9.17, 15) is 0 Å². The van der Waals surface area contributed by atoms with E-state index in [2.05, 4.69) is 38.2 Å². The molecule has 1 heterocycles. The highest BCUT2D eigenvalue weighted by Crippen LogP contribution is 2.25. The van der Waals surface area contributed by atoms with Crippen LogP contribution in [0.2, 0.25) is 0 Å². The third-order valence-corrected chi connectivity index (χ3v) is 3.19. The fourth-order valence-electron chi connectivity index (χ4n) is 1.75. The van der Waals surface area contributed by atoms with Crippen LogP contribution in [0.25, 0.3) is 10.9 Å². The summed E-state index contributed by atoms with van der Waals surface area (Å²) in [7, 11) is 0. The lowest BCUT2D eigenvalue weighted by Crippen LogP contribution is -2.20. The first kappa shape index (κ1) is 12.1. The van der Waals surface area contributed by atoms with E-state index in [-0.39, 0.29) is 6.04 Å². The van der Waals surface area contributed by atoms with Crippen LogP contribution in [0.5, 0.6) is 0 Å². The predicted molar refractivity (Wildman–Crippen MR) is 74.7 cm³/mol. The fourth-order valence-corrected chi connectivity index (χ4v) is 2.31. The van der Waals surface area contributed by atoms with Crippen LogP contribution in [0, 0.1) is 12.3 Å². The quantitative estimate of drug-likeness (QED) is 0.877. The number of fused-ring (bicyclic) bond motifs is 1. The molecule has 1 aromatic heterocycles. The Labute approximate surface area is 110 Å². The van der Waals surface area contributed by atoms with Gasteiger partial charge in [0.05, 0.1) is 11.2 Å². The van der Waals surface area contributed by atoms with Crippen molar-refractivity contribution in [3.05, 3.63) is 40.5 Å². The van der Waals surface area contributed by atoms with Crippen LogP contribution < -0.4 is 5.32 Å². The number of nitrogens with zero attached hydrogens (tertiary/aromatic N) is 1. The summed E-state index contributed by atoms with van der Waals surface area (Å²) in [6.45, 7) is 2.84. The Kier molecular flexibility index (Phi) is 3.78. The molecular formula is C14H13BrN2. The van der Waals surface area contributed by atoms with Gasteiger partial charge in [-0.3, -0.25) is 5.32 Å². The predicted octanol–water partition coefficient (Wildman–Crippen LogP) is 3.28. The van der Waals surface area contributed by atoms with Crippen LogP contribution in [-0.4, -0.2) is 11.5 Å². The second kappa shape index (κ2) is 5.31. The number of halogens is 1. The van der Waals surface area contributed by atoms with Crippen molar-refractivity contribution in [3.63, 3.8) is 0 Å². The van der Waals surface area contributed by atoms with Gasteiger partial charge >= 0.3 is 0 Å². The lowest BCUT2D eigenvalue weighted by Gasteiger charge is -2.13. The highest BCUT2D eigenvalue weighted by Gasteiger charge is 2.13. The van der Waals surface area contributed by atoms with Crippen LogP contribution in [0.1, 0.15) is 18.7 Å².